The van der Waals surface area contributed by atoms with E-state index in [9.17, 15) is 0 Å². The van der Waals surface area contributed by atoms with Gasteiger partial charge in [0, 0.05) is 6.04 Å². The minimum Gasteiger partial charge on any atom is -0.461 e. The number of aromatic nitrogens is 2. The second kappa shape index (κ2) is 4.74. The summed E-state index contributed by atoms with van der Waals surface area (Å²) in [6, 6.07) is 2.75. The molecule has 4 rings (SSSR count). The Balaban J connectivity index is 1.55. The van der Waals surface area contributed by atoms with Crippen LogP contribution in [0.3, 0.4) is 0 Å². The van der Waals surface area contributed by atoms with Crippen LogP contribution in [0, 0.1) is 12.8 Å². The highest BCUT2D eigenvalue weighted by molar-refractivity contribution is 5.51. The lowest BCUT2D eigenvalue weighted by Crippen LogP contribution is -2.30. The van der Waals surface area contributed by atoms with Gasteiger partial charge in [-0.25, -0.2) is 0 Å². The van der Waals surface area contributed by atoms with Crippen molar-refractivity contribution in [3.05, 3.63) is 23.8 Å². The van der Waals surface area contributed by atoms with Gasteiger partial charge in [-0.3, -0.25) is 0 Å². The summed E-state index contributed by atoms with van der Waals surface area (Å²) < 4.78 is 10.9. The molecule has 1 N–H and O–H groups in total. The Hall–Kier alpha value is -1.62. The molecule has 0 bridgehead atoms. The summed E-state index contributed by atoms with van der Waals surface area (Å²) in [6.07, 6.45) is 8.07. The van der Waals surface area contributed by atoms with Crippen molar-refractivity contribution < 1.29 is 8.94 Å². The van der Waals surface area contributed by atoms with Crippen LogP contribution in [-0.2, 0) is 0 Å². The number of aryl methyl sites for hydroxylation is 1. The number of rotatable bonds is 2. The molecule has 0 aromatic carbocycles. The first-order valence-electron chi connectivity index (χ1n) is 7.45. The maximum Gasteiger partial charge on any atom is 0.244 e. The largest absolute Gasteiger partial charge is 0.461 e. The van der Waals surface area contributed by atoms with E-state index < -0.39 is 0 Å². The molecule has 0 spiro atoms. The van der Waals surface area contributed by atoms with Gasteiger partial charge in [-0.05, 0) is 43.7 Å². The molecular formula is C15H19N3O2. The van der Waals surface area contributed by atoms with Crippen LogP contribution >= 0.6 is 0 Å². The van der Waals surface area contributed by atoms with Gasteiger partial charge in [-0.2, -0.15) is 4.98 Å². The van der Waals surface area contributed by atoms with Gasteiger partial charge in [-0.15, -0.1) is 0 Å². The zero-order valence-electron chi connectivity index (χ0n) is 11.6. The molecule has 106 valence electrons. The third kappa shape index (κ3) is 1.97. The third-order valence-electron chi connectivity index (χ3n) is 4.67. The molecule has 2 fully saturated rings. The summed E-state index contributed by atoms with van der Waals surface area (Å²) in [5.74, 6) is 2.73. The Kier molecular flexibility index (Phi) is 2.88. The standard InChI is InChI=1S/C15H19N3O2/c1-9-6-7-19-13(9)14-17-15(20-18-14)12-8-10-4-2-3-5-11(10)16-12/h6-7,10-12,16H,2-5,8H2,1H3. The summed E-state index contributed by atoms with van der Waals surface area (Å²) in [7, 11) is 0. The maximum absolute atomic E-state index is 5.45. The van der Waals surface area contributed by atoms with Crippen LogP contribution in [0.4, 0.5) is 0 Å². The number of furan rings is 1. The second-order valence-electron chi connectivity index (χ2n) is 5.99. The molecule has 2 aromatic rings. The molecule has 3 heterocycles. The summed E-state index contributed by atoms with van der Waals surface area (Å²) in [4.78, 5) is 4.52. The SMILES string of the molecule is Cc1ccoc1-c1noc(C2CC3CCCCC3N2)n1. The molecule has 20 heavy (non-hydrogen) atoms. The van der Waals surface area contributed by atoms with Gasteiger partial charge in [-0.1, -0.05) is 18.0 Å². The van der Waals surface area contributed by atoms with E-state index in [4.69, 9.17) is 8.94 Å². The molecule has 2 aromatic heterocycles. The van der Waals surface area contributed by atoms with E-state index >= 15 is 0 Å². The van der Waals surface area contributed by atoms with Gasteiger partial charge in [0.25, 0.3) is 0 Å². The lowest BCUT2D eigenvalue weighted by Gasteiger charge is -2.24. The molecule has 0 amide bonds. The van der Waals surface area contributed by atoms with Crippen LogP contribution in [0.1, 0.15) is 49.6 Å². The number of hydrogen-bond donors (Lipinski definition) is 1. The lowest BCUT2D eigenvalue weighted by atomic mass is 9.85. The fraction of sp³-hybridized carbons (Fsp3) is 0.600. The van der Waals surface area contributed by atoms with Gasteiger partial charge in [0.15, 0.2) is 5.76 Å². The zero-order chi connectivity index (χ0) is 13.5. The fourth-order valence-electron chi connectivity index (χ4n) is 3.58. The zero-order valence-corrected chi connectivity index (χ0v) is 11.6. The average molecular weight is 273 g/mol. The van der Waals surface area contributed by atoms with E-state index in [0.717, 1.165) is 17.9 Å². The van der Waals surface area contributed by atoms with Gasteiger partial charge >= 0.3 is 0 Å². The molecule has 1 aliphatic heterocycles. The highest BCUT2D eigenvalue weighted by Gasteiger charge is 2.38. The quantitative estimate of drug-likeness (QED) is 0.910. The van der Waals surface area contributed by atoms with Crippen LogP contribution in [-0.4, -0.2) is 16.2 Å². The minimum absolute atomic E-state index is 0.208. The molecule has 3 atom stereocenters. The van der Waals surface area contributed by atoms with Crippen molar-refractivity contribution in [3.63, 3.8) is 0 Å². The molecule has 5 heteroatoms. The fourth-order valence-corrected chi connectivity index (χ4v) is 3.58. The van der Waals surface area contributed by atoms with Crippen molar-refractivity contribution in [1.29, 1.82) is 0 Å². The Bertz CT molecular complexity index is 590. The van der Waals surface area contributed by atoms with Gasteiger partial charge in [0.1, 0.15) is 0 Å². The Morgan fingerprint density at radius 1 is 1.30 bits per heavy atom. The van der Waals surface area contributed by atoms with Gasteiger partial charge in [0.05, 0.1) is 12.3 Å². The normalized spacial score (nSPS) is 29.6. The van der Waals surface area contributed by atoms with Crippen molar-refractivity contribution in [2.24, 2.45) is 5.92 Å². The maximum atomic E-state index is 5.45. The minimum atomic E-state index is 0.208. The second-order valence-corrected chi connectivity index (χ2v) is 5.99. The monoisotopic (exact) mass is 273 g/mol. The van der Waals surface area contributed by atoms with Crippen molar-refractivity contribution in [3.8, 4) is 11.6 Å². The number of hydrogen-bond acceptors (Lipinski definition) is 5. The summed E-state index contributed by atoms with van der Waals surface area (Å²) in [6.45, 7) is 1.98. The number of nitrogens with zero attached hydrogens (tertiary/aromatic N) is 2. The van der Waals surface area contributed by atoms with E-state index in [2.05, 4.69) is 15.5 Å². The Morgan fingerprint density at radius 2 is 2.20 bits per heavy atom. The van der Waals surface area contributed by atoms with Crippen LogP contribution < -0.4 is 5.32 Å². The van der Waals surface area contributed by atoms with Crippen LogP contribution in [0.2, 0.25) is 0 Å². The van der Waals surface area contributed by atoms with Crippen molar-refractivity contribution in [2.75, 3.05) is 0 Å². The molecule has 5 nitrogen and oxygen atoms in total. The molecule has 2 aliphatic rings. The van der Waals surface area contributed by atoms with Crippen LogP contribution in [0.5, 0.6) is 0 Å². The first-order chi connectivity index (χ1) is 9.81. The molecule has 1 saturated heterocycles. The van der Waals surface area contributed by atoms with E-state index in [1.54, 1.807) is 6.26 Å². The summed E-state index contributed by atoms with van der Waals surface area (Å²) in [5.41, 5.74) is 1.03. The predicted octanol–water partition coefficient (Wildman–Crippen LogP) is 3.23. The summed E-state index contributed by atoms with van der Waals surface area (Å²) in [5, 5.41) is 7.72. The first-order valence-corrected chi connectivity index (χ1v) is 7.45. The molecule has 3 unspecified atom stereocenters. The molecule has 1 saturated carbocycles. The van der Waals surface area contributed by atoms with Crippen LogP contribution in [0.25, 0.3) is 11.6 Å². The average Bonchev–Trinajstić information content (AvgIpc) is 3.15. The van der Waals surface area contributed by atoms with Crippen molar-refractivity contribution in [2.45, 2.75) is 51.1 Å². The Morgan fingerprint density at radius 3 is 3.00 bits per heavy atom. The van der Waals surface area contributed by atoms with E-state index in [-0.39, 0.29) is 6.04 Å². The first kappa shape index (κ1) is 12.1. The molecule has 1 aliphatic carbocycles. The highest BCUT2D eigenvalue weighted by atomic mass is 16.5. The molecular weight excluding hydrogens is 254 g/mol. The van der Waals surface area contributed by atoms with E-state index in [0.29, 0.717) is 23.5 Å². The van der Waals surface area contributed by atoms with Gasteiger partial charge in [0.2, 0.25) is 11.7 Å². The smallest absolute Gasteiger partial charge is 0.244 e. The molecule has 0 radical (unpaired) electrons. The third-order valence-corrected chi connectivity index (χ3v) is 4.67. The van der Waals surface area contributed by atoms with Crippen molar-refractivity contribution >= 4 is 0 Å². The number of nitrogens with one attached hydrogen (secondary N) is 1. The predicted molar refractivity (Wildman–Crippen MR) is 73.0 cm³/mol. The van der Waals surface area contributed by atoms with E-state index in [1.165, 1.54) is 25.7 Å². The van der Waals surface area contributed by atoms with Gasteiger partial charge < -0.3 is 14.3 Å². The highest BCUT2D eigenvalue weighted by Crippen LogP contribution is 2.39. The van der Waals surface area contributed by atoms with E-state index in [1.807, 2.05) is 13.0 Å². The topological polar surface area (TPSA) is 64.1 Å². The van der Waals surface area contributed by atoms with Crippen LogP contribution in [0.15, 0.2) is 21.3 Å². The lowest BCUT2D eigenvalue weighted by molar-refractivity contribution is 0.324. The number of fused-ring (bicyclic) bond motifs is 1. The Labute approximate surface area is 117 Å². The summed E-state index contributed by atoms with van der Waals surface area (Å²) >= 11 is 0. The van der Waals surface area contributed by atoms with Crippen molar-refractivity contribution in [1.82, 2.24) is 15.5 Å².